The summed E-state index contributed by atoms with van der Waals surface area (Å²) in [6, 6.07) is 3.26. The Labute approximate surface area is 113 Å². The predicted molar refractivity (Wildman–Crippen MR) is 72.8 cm³/mol. The average molecular weight is 267 g/mol. The normalized spacial score (nSPS) is 12.1. The number of ether oxygens (including phenoxy) is 2. The molecule has 0 heterocycles. The molecule has 0 bridgehead atoms. The van der Waals surface area contributed by atoms with Gasteiger partial charge in [0.05, 0.1) is 18.8 Å². The maximum atomic E-state index is 11.5. The number of hydrogen-bond donors (Lipinski definition) is 2. The lowest BCUT2D eigenvalue weighted by Gasteiger charge is -2.20. The molecule has 0 aliphatic heterocycles. The molecule has 0 amide bonds. The van der Waals surface area contributed by atoms with E-state index in [0.717, 1.165) is 0 Å². The second-order valence-corrected chi connectivity index (χ2v) is 4.00. The van der Waals surface area contributed by atoms with Gasteiger partial charge in [-0.05, 0) is 40.0 Å². The first-order valence-electron chi connectivity index (χ1n) is 6.34. The van der Waals surface area contributed by atoms with Gasteiger partial charge in [0.25, 0.3) is 0 Å². The lowest BCUT2D eigenvalue weighted by molar-refractivity contribution is 0.101. The van der Waals surface area contributed by atoms with Crippen LogP contribution in [0.4, 0.5) is 0 Å². The molecule has 0 aliphatic rings. The second-order valence-electron chi connectivity index (χ2n) is 4.00. The minimum Gasteiger partial charge on any atom is -0.493 e. The van der Waals surface area contributed by atoms with Gasteiger partial charge in [-0.1, -0.05) is 0 Å². The van der Waals surface area contributed by atoms with E-state index >= 15 is 0 Å². The fourth-order valence-electron chi connectivity index (χ4n) is 1.77. The van der Waals surface area contributed by atoms with Crippen LogP contribution in [0.15, 0.2) is 12.1 Å². The first kappa shape index (κ1) is 15.5. The number of nitrogens with one attached hydrogen (secondary N) is 1. The number of benzene rings is 1. The molecule has 1 atom stereocenters. The number of hydrogen-bond acceptors (Lipinski definition) is 5. The summed E-state index contributed by atoms with van der Waals surface area (Å²) in [7, 11) is 1.63. The fourth-order valence-corrected chi connectivity index (χ4v) is 1.77. The molecule has 0 aliphatic carbocycles. The van der Waals surface area contributed by atoms with Gasteiger partial charge in [0.1, 0.15) is 17.7 Å². The van der Waals surface area contributed by atoms with Gasteiger partial charge in [0, 0.05) is 5.56 Å². The van der Waals surface area contributed by atoms with Crippen molar-refractivity contribution in [2.75, 3.05) is 20.3 Å². The maximum Gasteiger partial charge on any atom is 0.160 e. The number of Topliss-reactive ketones (excluding diaryl/α,β-unsaturated/α-hetero) is 1. The molecule has 1 rings (SSSR count). The Morgan fingerprint density at radius 3 is 2.05 bits per heavy atom. The number of carbonyl (C=O) groups excluding carboxylic acids is 1. The first-order chi connectivity index (χ1) is 9.04. The van der Waals surface area contributed by atoms with Crippen LogP contribution in [0, 0.1) is 0 Å². The van der Waals surface area contributed by atoms with Gasteiger partial charge in [0.15, 0.2) is 5.78 Å². The minimum atomic E-state index is -0.913. The van der Waals surface area contributed by atoms with Gasteiger partial charge in [-0.3, -0.25) is 10.1 Å². The molecule has 5 heteroatoms. The third-order valence-electron chi connectivity index (χ3n) is 2.66. The van der Waals surface area contributed by atoms with E-state index in [2.05, 4.69) is 5.32 Å². The Morgan fingerprint density at radius 2 is 1.74 bits per heavy atom. The van der Waals surface area contributed by atoms with E-state index in [4.69, 9.17) is 9.47 Å². The maximum absolute atomic E-state index is 11.5. The molecule has 0 spiro atoms. The van der Waals surface area contributed by atoms with Gasteiger partial charge in [-0.15, -0.1) is 0 Å². The molecular formula is C14H21NO4. The van der Waals surface area contributed by atoms with Gasteiger partial charge < -0.3 is 14.6 Å². The van der Waals surface area contributed by atoms with Crippen LogP contribution in [-0.4, -0.2) is 31.2 Å². The second kappa shape index (κ2) is 7.11. The highest BCUT2D eigenvalue weighted by Gasteiger charge is 2.20. The summed E-state index contributed by atoms with van der Waals surface area (Å²) in [5, 5.41) is 12.8. The molecule has 0 saturated carbocycles. The number of rotatable bonds is 7. The summed E-state index contributed by atoms with van der Waals surface area (Å²) in [4.78, 5) is 11.5. The Balaban J connectivity index is 3.40. The molecule has 0 saturated heterocycles. The van der Waals surface area contributed by atoms with Crippen molar-refractivity contribution >= 4 is 5.78 Å². The predicted octanol–water partition coefficient (Wildman–Crippen LogP) is 1.90. The molecule has 1 aromatic carbocycles. The average Bonchev–Trinajstić information content (AvgIpc) is 2.38. The zero-order chi connectivity index (χ0) is 14.4. The summed E-state index contributed by atoms with van der Waals surface area (Å²) in [5.41, 5.74) is 1.01. The highest BCUT2D eigenvalue weighted by molar-refractivity contribution is 5.95. The van der Waals surface area contributed by atoms with E-state index in [1.807, 2.05) is 13.8 Å². The number of aliphatic hydroxyl groups excluding tert-OH is 1. The topological polar surface area (TPSA) is 67.8 Å². The SMILES string of the molecule is CCOc1cc(C(C)=O)cc(OCC)c1C(O)NC. The van der Waals surface area contributed by atoms with Crippen molar-refractivity contribution in [2.24, 2.45) is 0 Å². The number of ketones is 1. The van der Waals surface area contributed by atoms with Gasteiger partial charge in [-0.2, -0.15) is 0 Å². The van der Waals surface area contributed by atoms with Crippen LogP contribution in [-0.2, 0) is 0 Å². The van der Waals surface area contributed by atoms with E-state index in [1.165, 1.54) is 6.92 Å². The summed E-state index contributed by atoms with van der Waals surface area (Å²) in [5.74, 6) is 0.841. The Hall–Kier alpha value is -1.59. The van der Waals surface area contributed by atoms with Crippen LogP contribution < -0.4 is 14.8 Å². The standard InChI is InChI=1S/C14H21NO4/c1-5-18-11-7-10(9(3)16)8-12(19-6-2)13(11)14(17)15-4/h7-8,14-15,17H,5-6H2,1-4H3. The molecule has 0 fully saturated rings. The molecule has 1 unspecified atom stereocenters. The van der Waals surface area contributed by atoms with Crippen LogP contribution in [0.5, 0.6) is 11.5 Å². The highest BCUT2D eigenvalue weighted by atomic mass is 16.5. The Morgan fingerprint density at radius 1 is 1.26 bits per heavy atom. The Bertz CT molecular complexity index is 418. The van der Waals surface area contributed by atoms with Gasteiger partial charge >= 0.3 is 0 Å². The third kappa shape index (κ3) is 3.68. The van der Waals surface area contributed by atoms with Crippen molar-refractivity contribution in [3.05, 3.63) is 23.3 Å². The minimum absolute atomic E-state index is 0.0765. The van der Waals surface area contributed by atoms with E-state index < -0.39 is 6.23 Å². The van der Waals surface area contributed by atoms with Crippen LogP contribution in [0.3, 0.4) is 0 Å². The monoisotopic (exact) mass is 267 g/mol. The number of aliphatic hydroxyl groups is 1. The van der Waals surface area contributed by atoms with E-state index in [9.17, 15) is 9.90 Å². The van der Waals surface area contributed by atoms with Crippen LogP contribution in [0.1, 0.15) is 42.9 Å². The molecule has 0 radical (unpaired) electrons. The molecule has 0 aromatic heterocycles. The fraction of sp³-hybridized carbons (Fsp3) is 0.500. The van der Waals surface area contributed by atoms with Crippen LogP contribution in [0.25, 0.3) is 0 Å². The molecule has 19 heavy (non-hydrogen) atoms. The third-order valence-corrected chi connectivity index (χ3v) is 2.66. The van der Waals surface area contributed by atoms with Crippen LogP contribution >= 0.6 is 0 Å². The summed E-state index contributed by atoms with van der Waals surface area (Å²) < 4.78 is 11.0. The van der Waals surface area contributed by atoms with Gasteiger partial charge in [-0.25, -0.2) is 0 Å². The van der Waals surface area contributed by atoms with Crippen molar-refractivity contribution in [1.29, 1.82) is 0 Å². The van der Waals surface area contributed by atoms with E-state index in [0.29, 0.717) is 35.8 Å². The summed E-state index contributed by atoms with van der Waals surface area (Å²) in [6.07, 6.45) is -0.913. The molecule has 2 N–H and O–H groups in total. The van der Waals surface area contributed by atoms with Crippen molar-refractivity contribution in [1.82, 2.24) is 5.32 Å². The molecular weight excluding hydrogens is 246 g/mol. The van der Waals surface area contributed by atoms with Crippen LogP contribution in [0.2, 0.25) is 0 Å². The summed E-state index contributed by atoms with van der Waals surface area (Å²) in [6.45, 7) is 6.05. The van der Waals surface area contributed by atoms with Gasteiger partial charge in [0.2, 0.25) is 0 Å². The Kier molecular flexibility index (Phi) is 5.79. The van der Waals surface area contributed by atoms with Crippen molar-refractivity contribution < 1.29 is 19.4 Å². The van der Waals surface area contributed by atoms with E-state index in [1.54, 1.807) is 19.2 Å². The summed E-state index contributed by atoms with van der Waals surface area (Å²) >= 11 is 0. The molecule has 5 nitrogen and oxygen atoms in total. The zero-order valence-electron chi connectivity index (χ0n) is 11.8. The van der Waals surface area contributed by atoms with Crippen molar-refractivity contribution in [2.45, 2.75) is 27.0 Å². The smallest absolute Gasteiger partial charge is 0.160 e. The lowest BCUT2D eigenvalue weighted by atomic mass is 10.0. The molecule has 1 aromatic rings. The largest absolute Gasteiger partial charge is 0.493 e. The van der Waals surface area contributed by atoms with E-state index in [-0.39, 0.29) is 5.78 Å². The highest BCUT2D eigenvalue weighted by Crippen LogP contribution is 2.35. The quantitative estimate of drug-likeness (QED) is 0.583. The zero-order valence-corrected chi connectivity index (χ0v) is 11.8. The van der Waals surface area contributed by atoms with Crippen molar-refractivity contribution in [3.63, 3.8) is 0 Å². The van der Waals surface area contributed by atoms with Crippen molar-refractivity contribution in [3.8, 4) is 11.5 Å². The first-order valence-corrected chi connectivity index (χ1v) is 6.34. The molecule has 106 valence electrons. The lowest BCUT2D eigenvalue weighted by Crippen LogP contribution is -2.18. The number of carbonyl (C=O) groups is 1.